The number of fused-ring (bicyclic) bond motifs is 1. The van der Waals surface area contributed by atoms with Gasteiger partial charge in [-0.1, -0.05) is 0 Å². The van der Waals surface area contributed by atoms with Crippen LogP contribution in [-0.4, -0.2) is 93.6 Å². The second kappa shape index (κ2) is 11.0. The van der Waals surface area contributed by atoms with Crippen LogP contribution in [0.2, 0.25) is 0 Å². The fourth-order valence-corrected chi connectivity index (χ4v) is 4.64. The second-order valence-electron chi connectivity index (χ2n) is 9.03. The van der Waals surface area contributed by atoms with Crippen molar-refractivity contribution in [1.82, 2.24) is 25.0 Å². The van der Waals surface area contributed by atoms with Crippen LogP contribution in [0.1, 0.15) is 36.9 Å². The van der Waals surface area contributed by atoms with Crippen LogP contribution < -0.4 is 10.1 Å². The number of benzene rings is 1. The van der Waals surface area contributed by atoms with Crippen molar-refractivity contribution >= 4 is 11.9 Å². The largest absolute Gasteiger partial charge is 0.507 e. The van der Waals surface area contributed by atoms with Crippen molar-refractivity contribution in [2.75, 3.05) is 51.8 Å². The fourth-order valence-electron chi connectivity index (χ4n) is 4.64. The van der Waals surface area contributed by atoms with Gasteiger partial charge in [0.1, 0.15) is 17.2 Å². The number of rotatable bonds is 9. The molecular formula is C24H34N6O4. The van der Waals surface area contributed by atoms with E-state index in [2.05, 4.69) is 25.4 Å². The maximum absolute atomic E-state index is 12.1. The molecule has 1 aromatic heterocycles. The topological polar surface area (TPSA) is 124 Å². The van der Waals surface area contributed by atoms with Gasteiger partial charge in [-0.05, 0) is 51.4 Å². The van der Waals surface area contributed by atoms with Crippen LogP contribution in [0, 0.1) is 6.92 Å². The number of piperidine rings is 1. The molecule has 1 atom stereocenters. The lowest BCUT2D eigenvalue weighted by Gasteiger charge is -2.33. The number of aliphatic hydroxyl groups is 1. The highest BCUT2D eigenvalue weighted by atomic mass is 16.5. The number of nitrogens with zero attached hydrogens (tertiary/aromatic N) is 5. The predicted molar refractivity (Wildman–Crippen MR) is 128 cm³/mol. The van der Waals surface area contributed by atoms with E-state index in [4.69, 9.17) is 9.84 Å². The molecule has 1 aromatic carbocycles. The first-order valence-corrected chi connectivity index (χ1v) is 12.0. The Balaban J connectivity index is 1.32. The Kier molecular flexibility index (Phi) is 7.79. The van der Waals surface area contributed by atoms with Crippen LogP contribution in [0.25, 0.3) is 11.3 Å². The van der Waals surface area contributed by atoms with Crippen molar-refractivity contribution in [3.05, 3.63) is 23.4 Å². The summed E-state index contributed by atoms with van der Waals surface area (Å²) in [6.07, 6.45) is 4.04. The van der Waals surface area contributed by atoms with Gasteiger partial charge in [0.2, 0.25) is 11.9 Å². The number of aromatic nitrogens is 3. The van der Waals surface area contributed by atoms with Gasteiger partial charge in [-0.3, -0.25) is 4.79 Å². The quantitative estimate of drug-likeness (QED) is 0.501. The lowest BCUT2D eigenvalue weighted by Crippen LogP contribution is -2.43. The number of hydrogen-bond acceptors (Lipinski definition) is 9. The number of nitrogens with one attached hydrogen (secondary N) is 1. The average Bonchev–Trinajstić information content (AvgIpc) is 3.30. The normalized spacial score (nSPS) is 17.8. The standard InChI is InChI=1S/C24H34N6O4/c1-16-22(19-7-8-20-18(23(19)33)9-14-34-20)27-28-24(25-16)26-17-5-3-10-30(15-17)11-4-6-21(32)29(2)12-13-31/h7-8,17,31,33H,3-6,9-15H2,1-2H3,(H,25,26,28)/t17-/m1/s1. The summed E-state index contributed by atoms with van der Waals surface area (Å²) in [5.41, 5.74) is 2.70. The lowest BCUT2D eigenvalue weighted by molar-refractivity contribution is -0.130. The molecule has 0 saturated carbocycles. The zero-order valence-corrected chi connectivity index (χ0v) is 20.0. The Morgan fingerprint density at radius 3 is 3.00 bits per heavy atom. The average molecular weight is 471 g/mol. The maximum Gasteiger partial charge on any atom is 0.243 e. The molecule has 0 unspecified atom stereocenters. The third-order valence-corrected chi connectivity index (χ3v) is 6.53. The van der Waals surface area contributed by atoms with E-state index in [0.717, 1.165) is 50.2 Å². The number of aliphatic hydroxyl groups excluding tert-OH is 1. The molecule has 3 heterocycles. The number of phenolic OH excluding ortho intramolecular Hbond substituents is 1. The van der Waals surface area contributed by atoms with E-state index < -0.39 is 0 Å². The van der Waals surface area contributed by atoms with Gasteiger partial charge in [-0.25, -0.2) is 4.98 Å². The van der Waals surface area contributed by atoms with Crippen LogP contribution >= 0.6 is 0 Å². The number of hydrogen-bond donors (Lipinski definition) is 3. The number of aryl methyl sites for hydroxylation is 1. The number of ether oxygens (including phenoxy) is 1. The first-order chi connectivity index (χ1) is 16.5. The van der Waals surface area contributed by atoms with Crippen LogP contribution in [-0.2, 0) is 11.2 Å². The van der Waals surface area contributed by atoms with Crippen LogP contribution in [0.5, 0.6) is 11.5 Å². The van der Waals surface area contributed by atoms with Gasteiger partial charge < -0.3 is 30.1 Å². The fraction of sp³-hybridized carbons (Fsp3) is 0.583. The van der Waals surface area contributed by atoms with Crippen molar-refractivity contribution in [3.63, 3.8) is 0 Å². The zero-order valence-electron chi connectivity index (χ0n) is 20.0. The SMILES string of the molecule is Cc1nc(N[C@@H]2CCCN(CCCC(=O)N(C)CCO)C2)nnc1-c1ccc2c(c1O)CCO2. The highest BCUT2D eigenvalue weighted by Crippen LogP contribution is 2.40. The van der Waals surface area contributed by atoms with Crippen molar-refractivity contribution in [2.45, 2.75) is 45.1 Å². The molecule has 0 spiro atoms. The maximum atomic E-state index is 12.1. The van der Waals surface area contributed by atoms with Gasteiger partial charge in [0.25, 0.3) is 0 Å². The summed E-state index contributed by atoms with van der Waals surface area (Å²) in [6.45, 7) is 5.54. The summed E-state index contributed by atoms with van der Waals surface area (Å²) in [5, 5.41) is 31.7. The van der Waals surface area contributed by atoms with Crippen LogP contribution in [0.3, 0.4) is 0 Å². The summed E-state index contributed by atoms with van der Waals surface area (Å²) in [4.78, 5) is 20.6. The molecule has 1 fully saturated rings. The summed E-state index contributed by atoms with van der Waals surface area (Å²) in [7, 11) is 1.72. The van der Waals surface area contributed by atoms with E-state index in [1.54, 1.807) is 18.0 Å². The third-order valence-electron chi connectivity index (χ3n) is 6.53. The Labute approximate surface area is 200 Å². The van der Waals surface area contributed by atoms with Crippen molar-refractivity contribution in [2.24, 2.45) is 0 Å². The highest BCUT2D eigenvalue weighted by molar-refractivity contribution is 5.75. The van der Waals surface area contributed by atoms with E-state index in [1.165, 1.54) is 0 Å². The van der Waals surface area contributed by atoms with Gasteiger partial charge in [-0.15, -0.1) is 10.2 Å². The molecular weight excluding hydrogens is 436 g/mol. The summed E-state index contributed by atoms with van der Waals surface area (Å²) < 4.78 is 5.52. The molecule has 3 N–H and O–H groups in total. The lowest BCUT2D eigenvalue weighted by atomic mass is 10.0. The summed E-state index contributed by atoms with van der Waals surface area (Å²) in [5.74, 6) is 1.47. The van der Waals surface area contributed by atoms with E-state index in [1.807, 2.05) is 13.0 Å². The molecule has 2 aliphatic heterocycles. The minimum absolute atomic E-state index is 0.0114. The van der Waals surface area contributed by atoms with E-state index in [-0.39, 0.29) is 24.3 Å². The van der Waals surface area contributed by atoms with Crippen LogP contribution in [0.4, 0.5) is 5.95 Å². The number of likely N-dealkylation sites (tertiary alicyclic amines) is 1. The minimum atomic E-state index is -0.0114. The van der Waals surface area contributed by atoms with E-state index >= 15 is 0 Å². The molecule has 0 aliphatic carbocycles. The van der Waals surface area contributed by atoms with Gasteiger partial charge in [0.15, 0.2) is 0 Å². The molecule has 10 heteroatoms. The van der Waals surface area contributed by atoms with E-state index in [0.29, 0.717) is 48.9 Å². The van der Waals surface area contributed by atoms with Gasteiger partial charge in [0.05, 0.1) is 18.9 Å². The van der Waals surface area contributed by atoms with Gasteiger partial charge in [-0.2, -0.15) is 0 Å². The second-order valence-corrected chi connectivity index (χ2v) is 9.03. The molecule has 1 saturated heterocycles. The van der Waals surface area contributed by atoms with Gasteiger partial charge >= 0.3 is 0 Å². The molecule has 184 valence electrons. The molecule has 10 nitrogen and oxygen atoms in total. The molecule has 0 bridgehead atoms. The smallest absolute Gasteiger partial charge is 0.243 e. The van der Waals surface area contributed by atoms with E-state index in [9.17, 15) is 9.90 Å². The number of likely N-dealkylation sites (N-methyl/N-ethyl adjacent to an activating group) is 1. The molecule has 4 rings (SSSR count). The van der Waals surface area contributed by atoms with Crippen molar-refractivity contribution < 1.29 is 19.7 Å². The first kappa shape index (κ1) is 24.2. The monoisotopic (exact) mass is 470 g/mol. The molecule has 0 radical (unpaired) electrons. The number of carbonyl (C=O) groups is 1. The number of phenols is 1. The predicted octanol–water partition coefficient (Wildman–Crippen LogP) is 1.59. The number of anilines is 1. The zero-order chi connectivity index (χ0) is 24.1. The molecule has 2 aliphatic rings. The van der Waals surface area contributed by atoms with Crippen LogP contribution in [0.15, 0.2) is 12.1 Å². The molecule has 34 heavy (non-hydrogen) atoms. The summed E-state index contributed by atoms with van der Waals surface area (Å²) >= 11 is 0. The Bertz CT molecular complexity index is 1020. The minimum Gasteiger partial charge on any atom is -0.507 e. The molecule has 2 aromatic rings. The summed E-state index contributed by atoms with van der Waals surface area (Å²) in [6, 6.07) is 3.87. The Morgan fingerprint density at radius 2 is 2.21 bits per heavy atom. The Morgan fingerprint density at radius 1 is 1.35 bits per heavy atom. The van der Waals surface area contributed by atoms with Crippen molar-refractivity contribution in [3.8, 4) is 22.8 Å². The van der Waals surface area contributed by atoms with Crippen molar-refractivity contribution in [1.29, 1.82) is 0 Å². The number of amides is 1. The first-order valence-electron chi connectivity index (χ1n) is 12.0. The van der Waals surface area contributed by atoms with Gasteiger partial charge in [0, 0.05) is 50.1 Å². The number of carbonyl (C=O) groups excluding carboxylic acids is 1. The number of aromatic hydroxyl groups is 1. The Hall–Kier alpha value is -2.98. The molecule has 1 amide bonds. The third kappa shape index (κ3) is 5.56. The highest BCUT2D eigenvalue weighted by Gasteiger charge is 2.23.